The maximum Gasteiger partial charge on any atom is 0.320 e. The van der Waals surface area contributed by atoms with Crippen LogP contribution >= 0.6 is 0 Å². The molecule has 0 saturated heterocycles. The number of nitrogens with two attached hydrogens (primary N) is 1. The second-order valence-corrected chi connectivity index (χ2v) is 9.67. The van der Waals surface area contributed by atoms with Gasteiger partial charge in [-0.15, -0.1) is 0 Å². The monoisotopic (exact) mass is 511 g/mol. The van der Waals surface area contributed by atoms with Gasteiger partial charge in [0.15, 0.2) is 0 Å². The molecule has 0 aromatic heterocycles. The van der Waals surface area contributed by atoms with Crippen molar-refractivity contribution in [1.82, 2.24) is 9.80 Å². The van der Waals surface area contributed by atoms with E-state index in [1.807, 2.05) is 6.92 Å². The summed E-state index contributed by atoms with van der Waals surface area (Å²) in [6.07, 6.45) is 8.48. The summed E-state index contributed by atoms with van der Waals surface area (Å²) in [7, 11) is 0. The fraction of sp³-hybridized carbons (Fsp3) is 0.594. The molecular formula is C32H53N3O2. The highest BCUT2D eigenvalue weighted by Crippen LogP contribution is 2.10. The van der Waals surface area contributed by atoms with Crippen LogP contribution in [0.1, 0.15) is 82.9 Å². The van der Waals surface area contributed by atoms with Crippen LogP contribution in [0.4, 0.5) is 0 Å². The molecule has 0 radical (unpaired) electrons. The first-order valence-corrected chi connectivity index (χ1v) is 14.5. The highest BCUT2D eigenvalue weighted by molar-refractivity contribution is 5.71. The van der Waals surface area contributed by atoms with Gasteiger partial charge < -0.3 is 15.4 Å². The van der Waals surface area contributed by atoms with Crippen LogP contribution < -0.4 is 5.73 Å². The molecule has 0 aliphatic heterocycles. The highest BCUT2D eigenvalue weighted by Gasteiger charge is 2.12. The highest BCUT2D eigenvalue weighted by atomic mass is 16.5. The van der Waals surface area contributed by atoms with E-state index in [9.17, 15) is 4.79 Å². The quantitative estimate of drug-likeness (QED) is 0.184. The molecule has 0 bridgehead atoms. The van der Waals surface area contributed by atoms with Gasteiger partial charge in [-0.25, -0.2) is 0 Å². The lowest BCUT2D eigenvalue weighted by Crippen LogP contribution is -2.32. The fourth-order valence-electron chi connectivity index (χ4n) is 4.31. The Morgan fingerprint density at radius 1 is 0.703 bits per heavy atom. The molecule has 37 heavy (non-hydrogen) atoms. The van der Waals surface area contributed by atoms with Gasteiger partial charge in [0.25, 0.3) is 0 Å². The van der Waals surface area contributed by atoms with E-state index in [1.165, 1.54) is 56.3 Å². The Labute approximate surface area is 227 Å². The summed E-state index contributed by atoms with van der Waals surface area (Å²) in [4.78, 5) is 16.7. The van der Waals surface area contributed by atoms with Gasteiger partial charge >= 0.3 is 5.97 Å². The van der Waals surface area contributed by atoms with Gasteiger partial charge in [-0.1, -0.05) is 81.8 Å². The summed E-state index contributed by atoms with van der Waals surface area (Å²) in [5.74, 6) is -0.144. The van der Waals surface area contributed by atoms with Crippen LogP contribution in [0, 0.1) is 0 Å². The Morgan fingerprint density at radius 3 is 1.84 bits per heavy atom. The van der Waals surface area contributed by atoms with Crippen molar-refractivity contribution in [2.24, 2.45) is 5.73 Å². The zero-order chi connectivity index (χ0) is 27.1. The maximum absolute atomic E-state index is 12.0. The lowest BCUT2D eigenvalue weighted by atomic mass is 10.1. The van der Waals surface area contributed by atoms with Gasteiger partial charge in [0.1, 0.15) is 0 Å². The summed E-state index contributed by atoms with van der Waals surface area (Å²) < 4.78 is 5.15. The van der Waals surface area contributed by atoms with Gasteiger partial charge in [-0.05, 0) is 88.3 Å². The number of hydrogen-bond acceptors (Lipinski definition) is 5. The van der Waals surface area contributed by atoms with Gasteiger partial charge in [-0.2, -0.15) is 0 Å². The van der Waals surface area contributed by atoms with Crippen molar-refractivity contribution in [2.45, 2.75) is 85.7 Å². The van der Waals surface area contributed by atoms with Crippen molar-refractivity contribution in [3.8, 4) is 0 Å². The zero-order valence-corrected chi connectivity index (χ0v) is 24.1. The molecule has 0 aliphatic carbocycles. The molecule has 2 N–H and O–H groups in total. The molecule has 0 heterocycles. The number of carbonyl (C=O) groups excluding carboxylic acids is 1. The van der Waals surface area contributed by atoms with Crippen molar-refractivity contribution >= 4 is 5.97 Å². The second-order valence-electron chi connectivity index (χ2n) is 9.67. The SMILES string of the molecule is CCCCc1ccccc1.CCCN(CCC)CCCCN(CC(=O)OCC)Cc1ccc(CN)cc1. The molecule has 2 aromatic carbocycles. The van der Waals surface area contributed by atoms with E-state index < -0.39 is 0 Å². The van der Waals surface area contributed by atoms with E-state index in [-0.39, 0.29) is 5.97 Å². The van der Waals surface area contributed by atoms with E-state index in [4.69, 9.17) is 10.5 Å². The number of unbranched alkanes of at least 4 members (excludes halogenated alkanes) is 2. The van der Waals surface area contributed by atoms with Crippen LogP contribution in [-0.4, -0.2) is 55.1 Å². The number of hydrogen-bond donors (Lipinski definition) is 1. The summed E-state index contributed by atoms with van der Waals surface area (Å²) in [5, 5.41) is 0. The summed E-state index contributed by atoms with van der Waals surface area (Å²) in [6.45, 7) is 15.0. The topological polar surface area (TPSA) is 58.8 Å². The first kappa shape index (κ1) is 32.8. The molecule has 2 aromatic rings. The molecule has 0 unspecified atom stereocenters. The molecule has 0 aliphatic rings. The number of carbonyl (C=O) groups is 1. The average molecular weight is 512 g/mol. The van der Waals surface area contributed by atoms with Crippen LogP contribution in [0.15, 0.2) is 54.6 Å². The van der Waals surface area contributed by atoms with Crippen molar-refractivity contribution in [2.75, 3.05) is 39.3 Å². The van der Waals surface area contributed by atoms with E-state index >= 15 is 0 Å². The first-order valence-electron chi connectivity index (χ1n) is 14.5. The van der Waals surface area contributed by atoms with E-state index in [1.54, 1.807) is 0 Å². The largest absolute Gasteiger partial charge is 0.465 e. The normalized spacial score (nSPS) is 10.9. The maximum atomic E-state index is 12.0. The lowest BCUT2D eigenvalue weighted by Gasteiger charge is -2.24. The minimum absolute atomic E-state index is 0.144. The number of rotatable bonds is 18. The smallest absolute Gasteiger partial charge is 0.320 e. The third-order valence-electron chi connectivity index (χ3n) is 6.26. The summed E-state index contributed by atoms with van der Waals surface area (Å²) in [6, 6.07) is 19.0. The molecule has 208 valence electrons. The Hall–Kier alpha value is -2.21. The van der Waals surface area contributed by atoms with Crippen LogP contribution in [0.5, 0.6) is 0 Å². The molecular weight excluding hydrogens is 458 g/mol. The molecule has 5 nitrogen and oxygen atoms in total. The van der Waals surface area contributed by atoms with E-state index in [2.05, 4.69) is 85.2 Å². The summed E-state index contributed by atoms with van der Waals surface area (Å²) in [5.41, 5.74) is 9.47. The predicted molar refractivity (Wildman–Crippen MR) is 158 cm³/mol. The fourth-order valence-corrected chi connectivity index (χ4v) is 4.31. The van der Waals surface area contributed by atoms with Crippen molar-refractivity contribution in [3.05, 3.63) is 71.3 Å². The molecule has 0 saturated carbocycles. The number of esters is 1. The minimum atomic E-state index is -0.144. The van der Waals surface area contributed by atoms with Crippen molar-refractivity contribution in [3.63, 3.8) is 0 Å². The Kier molecular flexibility index (Phi) is 19.4. The molecule has 0 amide bonds. The third-order valence-corrected chi connectivity index (χ3v) is 6.26. The molecule has 2 rings (SSSR count). The molecule has 0 atom stereocenters. The van der Waals surface area contributed by atoms with Gasteiger partial charge in [0.05, 0.1) is 13.2 Å². The number of ether oxygens (including phenoxy) is 1. The van der Waals surface area contributed by atoms with Gasteiger partial charge in [0.2, 0.25) is 0 Å². The Bertz CT molecular complexity index is 789. The van der Waals surface area contributed by atoms with Crippen molar-refractivity contribution in [1.29, 1.82) is 0 Å². The Balaban J connectivity index is 0.000000568. The Morgan fingerprint density at radius 2 is 1.30 bits per heavy atom. The second kappa shape index (κ2) is 21.8. The predicted octanol–water partition coefficient (Wildman–Crippen LogP) is 6.44. The zero-order valence-electron chi connectivity index (χ0n) is 24.1. The third kappa shape index (κ3) is 16.3. The van der Waals surface area contributed by atoms with Crippen LogP contribution in [0.25, 0.3) is 0 Å². The van der Waals surface area contributed by atoms with Gasteiger partial charge in [0, 0.05) is 13.1 Å². The molecule has 5 heteroatoms. The van der Waals surface area contributed by atoms with Crippen LogP contribution in [0.2, 0.25) is 0 Å². The van der Waals surface area contributed by atoms with E-state index in [0.717, 1.165) is 38.0 Å². The standard InChI is InChI=1S/C22H39N3O2.C10H14/c1-4-13-24(14-5-2)15-7-8-16-25(19-22(26)27-6-3)18-21-11-9-20(17-23)10-12-21;1-2-3-7-10-8-5-4-6-9-10/h9-12H,4-8,13-19,23H2,1-3H3;4-6,8-9H,2-3,7H2,1H3. The lowest BCUT2D eigenvalue weighted by molar-refractivity contribution is -0.144. The van der Waals surface area contributed by atoms with Gasteiger partial charge in [-0.3, -0.25) is 9.69 Å². The van der Waals surface area contributed by atoms with Crippen LogP contribution in [-0.2, 0) is 29.0 Å². The number of benzene rings is 2. The number of aryl methyl sites for hydroxylation is 1. The van der Waals surface area contributed by atoms with Crippen LogP contribution in [0.3, 0.4) is 0 Å². The van der Waals surface area contributed by atoms with Crippen molar-refractivity contribution < 1.29 is 9.53 Å². The van der Waals surface area contributed by atoms with E-state index in [0.29, 0.717) is 19.7 Å². The minimum Gasteiger partial charge on any atom is -0.465 e. The average Bonchev–Trinajstić information content (AvgIpc) is 2.91. The summed E-state index contributed by atoms with van der Waals surface area (Å²) >= 11 is 0. The molecule has 0 spiro atoms. The first-order chi connectivity index (χ1) is 18.1. The molecule has 0 fully saturated rings. The number of nitrogens with zero attached hydrogens (tertiary/aromatic N) is 2.